The van der Waals surface area contributed by atoms with Gasteiger partial charge in [0.05, 0.1) is 24.1 Å². The van der Waals surface area contributed by atoms with Crippen molar-refractivity contribution >= 4 is 30.1 Å². The Balaban J connectivity index is 0.00000324. The SMILES string of the molecule is CCC1(C(=O)N[C@@H]2CCCc3ccccc32)CC2OCC[C@H](NC(=O)C(C)NC)C(=O)N2C1.Cl. The van der Waals surface area contributed by atoms with E-state index in [0.717, 1.165) is 19.3 Å². The predicted octanol–water partition coefficient (Wildman–Crippen LogP) is 2.07. The maximum atomic E-state index is 13.6. The summed E-state index contributed by atoms with van der Waals surface area (Å²) >= 11 is 0. The summed E-state index contributed by atoms with van der Waals surface area (Å²) in [5, 5.41) is 9.05. The Kier molecular flexibility index (Phi) is 8.60. The molecule has 4 rings (SSSR count). The second-order valence-electron chi connectivity index (χ2n) is 9.61. The molecule has 5 atom stereocenters. The Morgan fingerprint density at radius 2 is 1.97 bits per heavy atom. The number of hydrogen-bond donors (Lipinski definition) is 3. The number of rotatable bonds is 6. The molecule has 0 aromatic heterocycles. The van der Waals surface area contributed by atoms with Crippen LogP contribution in [0.3, 0.4) is 0 Å². The van der Waals surface area contributed by atoms with Crippen molar-refractivity contribution in [1.82, 2.24) is 20.9 Å². The zero-order chi connectivity index (χ0) is 23.6. The van der Waals surface area contributed by atoms with E-state index < -0.39 is 23.7 Å². The van der Waals surface area contributed by atoms with E-state index in [4.69, 9.17) is 4.74 Å². The van der Waals surface area contributed by atoms with Crippen molar-refractivity contribution in [3.05, 3.63) is 35.4 Å². The Morgan fingerprint density at radius 3 is 2.71 bits per heavy atom. The predicted molar refractivity (Wildman–Crippen MR) is 131 cm³/mol. The highest BCUT2D eigenvalue weighted by atomic mass is 35.5. The molecule has 34 heavy (non-hydrogen) atoms. The van der Waals surface area contributed by atoms with Crippen molar-refractivity contribution in [2.45, 2.75) is 76.7 Å². The minimum Gasteiger partial charge on any atom is -0.358 e. The average molecular weight is 493 g/mol. The molecule has 1 aromatic rings. The lowest BCUT2D eigenvalue weighted by Gasteiger charge is -2.32. The number of carbonyl (C=O) groups is 3. The molecule has 0 spiro atoms. The molecule has 2 aliphatic heterocycles. The minimum absolute atomic E-state index is 0. The quantitative estimate of drug-likeness (QED) is 0.564. The molecule has 0 bridgehead atoms. The van der Waals surface area contributed by atoms with Crippen LogP contribution in [-0.4, -0.2) is 61.1 Å². The molecule has 3 aliphatic rings. The van der Waals surface area contributed by atoms with Crippen molar-refractivity contribution in [3.8, 4) is 0 Å². The van der Waals surface area contributed by atoms with E-state index in [2.05, 4.69) is 28.1 Å². The molecule has 2 saturated heterocycles. The third-order valence-electron chi connectivity index (χ3n) is 7.66. The number of nitrogens with one attached hydrogen (secondary N) is 3. The summed E-state index contributed by atoms with van der Waals surface area (Å²) in [7, 11) is 1.71. The van der Waals surface area contributed by atoms with E-state index in [9.17, 15) is 14.4 Å². The lowest BCUT2D eigenvalue weighted by molar-refractivity contribution is -0.141. The lowest BCUT2D eigenvalue weighted by atomic mass is 9.81. The van der Waals surface area contributed by atoms with E-state index in [1.807, 2.05) is 19.1 Å². The molecule has 3 unspecified atom stereocenters. The first kappa shape index (κ1) is 26.4. The van der Waals surface area contributed by atoms with Gasteiger partial charge >= 0.3 is 0 Å². The van der Waals surface area contributed by atoms with Gasteiger partial charge in [0, 0.05) is 19.4 Å². The normalized spacial score (nSPS) is 29.2. The van der Waals surface area contributed by atoms with Crippen LogP contribution in [0.2, 0.25) is 0 Å². The summed E-state index contributed by atoms with van der Waals surface area (Å²) in [6.07, 6.45) is 4.09. The van der Waals surface area contributed by atoms with Crippen LogP contribution >= 0.6 is 12.4 Å². The van der Waals surface area contributed by atoms with Gasteiger partial charge in [-0.1, -0.05) is 31.2 Å². The summed E-state index contributed by atoms with van der Waals surface area (Å²) < 4.78 is 6.01. The monoisotopic (exact) mass is 492 g/mol. The van der Waals surface area contributed by atoms with E-state index in [1.54, 1.807) is 18.9 Å². The van der Waals surface area contributed by atoms with Crippen LogP contribution in [0.25, 0.3) is 0 Å². The number of carbonyl (C=O) groups excluding carboxylic acids is 3. The molecule has 0 saturated carbocycles. The molecular formula is C25H37ClN4O4. The highest BCUT2D eigenvalue weighted by Crippen LogP contribution is 2.41. The van der Waals surface area contributed by atoms with Gasteiger partial charge in [0.2, 0.25) is 17.7 Å². The smallest absolute Gasteiger partial charge is 0.247 e. The van der Waals surface area contributed by atoms with Crippen LogP contribution in [0, 0.1) is 5.41 Å². The number of amides is 3. The minimum atomic E-state index is -0.698. The van der Waals surface area contributed by atoms with Gasteiger partial charge in [0.15, 0.2) is 0 Å². The van der Waals surface area contributed by atoms with Crippen LogP contribution in [0.5, 0.6) is 0 Å². The van der Waals surface area contributed by atoms with Gasteiger partial charge in [-0.25, -0.2) is 0 Å². The summed E-state index contributed by atoms with van der Waals surface area (Å²) in [5.41, 5.74) is 1.80. The molecule has 2 fully saturated rings. The maximum absolute atomic E-state index is 13.6. The number of hydrogen-bond acceptors (Lipinski definition) is 5. The molecule has 3 N–H and O–H groups in total. The van der Waals surface area contributed by atoms with E-state index >= 15 is 0 Å². The number of halogens is 1. The second kappa shape index (κ2) is 11.1. The number of benzene rings is 1. The zero-order valence-corrected chi connectivity index (χ0v) is 21.1. The molecule has 1 aromatic carbocycles. The summed E-state index contributed by atoms with van der Waals surface area (Å²) in [5.74, 6) is -0.398. The van der Waals surface area contributed by atoms with Crippen molar-refractivity contribution in [2.24, 2.45) is 5.41 Å². The first-order chi connectivity index (χ1) is 15.9. The van der Waals surface area contributed by atoms with Gasteiger partial charge in [-0.05, 0) is 50.8 Å². The summed E-state index contributed by atoms with van der Waals surface area (Å²) in [4.78, 5) is 41.0. The van der Waals surface area contributed by atoms with Crippen molar-refractivity contribution in [2.75, 3.05) is 20.2 Å². The number of ether oxygens (including phenoxy) is 1. The zero-order valence-electron chi connectivity index (χ0n) is 20.3. The third kappa shape index (κ3) is 5.09. The molecule has 9 heteroatoms. The summed E-state index contributed by atoms with van der Waals surface area (Å²) in [6, 6.07) is 7.27. The molecule has 2 heterocycles. The lowest BCUT2D eigenvalue weighted by Crippen LogP contribution is -2.53. The molecule has 8 nitrogen and oxygen atoms in total. The van der Waals surface area contributed by atoms with E-state index in [1.165, 1.54) is 11.1 Å². The van der Waals surface area contributed by atoms with Crippen LogP contribution in [0.1, 0.15) is 63.1 Å². The van der Waals surface area contributed by atoms with Gasteiger partial charge in [-0.3, -0.25) is 14.4 Å². The molecule has 1 aliphatic carbocycles. The van der Waals surface area contributed by atoms with E-state index in [0.29, 0.717) is 32.4 Å². The van der Waals surface area contributed by atoms with E-state index in [-0.39, 0.29) is 36.2 Å². The summed E-state index contributed by atoms with van der Waals surface area (Å²) in [6.45, 7) is 4.42. The highest BCUT2D eigenvalue weighted by Gasteiger charge is 2.52. The molecule has 188 valence electrons. The van der Waals surface area contributed by atoms with Crippen molar-refractivity contribution in [3.63, 3.8) is 0 Å². The first-order valence-electron chi connectivity index (χ1n) is 12.2. The Hall–Kier alpha value is -2.16. The van der Waals surface area contributed by atoms with Crippen LogP contribution < -0.4 is 16.0 Å². The van der Waals surface area contributed by atoms with Crippen LogP contribution in [0.4, 0.5) is 0 Å². The standard InChI is InChI=1S/C25H36N4O4.ClH/c1-4-25(24(32)28-19-11-7-9-17-8-5-6-10-18(17)19)14-21-29(15-25)23(31)20(12-13-33-21)27-22(30)16(2)26-3;/h5-6,8,10,16,19-21,26H,4,7,9,11-15H2,1-3H3,(H,27,30)(H,28,32);1H/t16?,19-,20+,21?,25?;/m1./s1. The second-order valence-corrected chi connectivity index (χ2v) is 9.61. The van der Waals surface area contributed by atoms with Gasteiger partial charge in [0.1, 0.15) is 12.3 Å². The first-order valence-corrected chi connectivity index (χ1v) is 12.2. The molecule has 0 radical (unpaired) electrons. The third-order valence-corrected chi connectivity index (χ3v) is 7.66. The highest BCUT2D eigenvalue weighted by molar-refractivity contribution is 5.91. The molecular weight excluding hydrogens is 456 g/mol. The fraction of sp³-hybridized carbons (Fsp3) is 0.640. The van der Waals surface area contributed by atoms with Gasteiger partial charge in [-0.15, -0.1) is 12.4 Å². The number of fused-ring (bicyclic) bond motifs is 2. The number of likely N-dealkylation sites (N-methyl/N-ethyl adjacent to an activating group) is 1. The maximum Gasteiger partial charge on any atom is 0.247 e. The topological polar surface area (TPSA) is 99.8 Å². The molecule has 3 amide bonds. The number of nitrogens with zero attached hydrogens (tertiary/aromatic N) is 1. The Morgan fingerprint density at radius 1 is 1.21 bits per heavy atom. The largest absolute Gasteiger partial charge is 0.358 e. The fourth-order valence-electron chi connectivity index (χ4n) is 5.31. The van der Waals surface area contributed by atoms with Crippen molar-refractivity contribution < 1.29 is 19.1 Å². The van der Waals surface area contributed by atoms with Gasteiger partial charge in [0.25, 0.3) is 0 Å². The average Bonchev–Trinajstić information content (AvgIpc) is 3.16. The van der Waals surface area contributed by atoms with Gasteiger partial charge in [-0.2, -0.15) is 0 Å². The Bertz CT molecular complexity index is 913. The van der Waals surface area contributed by atoms with Crippen molar-refractivity contribution in [1.29, 1.82) is 0 Å². The van der Waals surface area contributed by atoms with Crippen LogP contribution in [-0.2, 0) is 25.5 Å². The van der Waals surface area contributed by atoms with Gasteiger partial charge < -0.3 is 25.6 Å². The Labute approximate surface area is 208 Å². The van der Waals surface area contributed by atoms with Crippen LogP contribution in [0.15, 0.2) is 24.3 Å². The fourth-order valence-corrected chi connectivity index (χ4v) is 5.31. The number of aryl methyl sites for hydroxylation is 1.